The van der Waals surface area contributed by atoms with E-state index in [1.54, 1.807) is 18.2 Å². The molecule has 0 bridgehead atoms. The van der Waals surface area contributed by atoms with Crippen LogP contribution in [0.3, 0.4) is 0 Å². The summed E-state index contributed by atoms with van der Waals surface area (Å²) in [5, 5.41) is 8.92. The summed E-state index contributed by atoms with van der Waals surface area (Å²) in [6.45, 7) is 0. The number of carbonyl (C=O) groups is 1. The van der Waals surface area contributed by atoms with Crippen LogP contribution in [0, 0.1) is 11.6 Å². The van der Waals surface area contributed by atoms with E-state index in [2.05, 4.69) is 4.98 Å². The maximum Gasteiger partial charge on any atom is 0.304 e. The highest BCUT2D eigenvalue weighted by molar-refractivity contribution is 6.30. The van der Waals surface area contributed by atoms with Crippen LogP contribution >= 0.6 is 24.0 Å². The van der Waals surface area contributed by atoms with E-state index >= 15 is 0 Å². The number of aliphatic carboxylic acids is 1. The number of rotatable bonds is 7. The Labute approximate surface area is 182 Å². The quantitative estimate of drug-likeness (QED) is 0.509. The Morgan fingerprint density at radius 1 is 1.13 bits per heavy atom. The number of nitrogens with two attached hydrogens (primary N) is 1. The van der Waals surface area contributed by atoms with Gasteiger partial charge in [0.05, 0.1) is 11.4 Å². The third kappa shape index (κ3) is 6.13. The summed E-state index contributed by atoms with van der Waals surface area (Å²) in [4.78, 5) is 14.5. The molecule has 0 aliphatic carbocycles. The summed E-state index contributed by atoms with van der Waals surface area (Å²) in [6, 6.07) is 12.0. The first-order valence-electron chi connectivity index (χ1n) is 8.67. The van der Waals surface area contributed by atoms with E-state index in [1.165, 1.54) is 18.3 Å². The molecule has 1 atom stereocenters. The standard InChI is InChI=1S/C21H17ClF2N2O3.ClH/c22-15-9-18(24)21(26-11-15)29-19-5-4-14(8-17(19)23)13-3-1-2-12(6-13)7-16(25)10-20(27)28;/h1-6,8-9,11,16H,7,10,25H2,(H,27,28);1H. The number of pyridine rings is 1. The lowest BCUT2D eigenvalue weighted by Gasteiger charge is -2.11. The van der Waals surface area contributed by atoms with Crippen molar-refractivity contribution in [1.82, 2.24) is 4.98 Å². The lowest BCUT2D eigenvalue weighted by molar-refractivity contribution is -0.137. The first-order chi connectivity index (χ1) is 13.8. The Kier molecular flexibility index (Phi) is 8.11. The molecule has 3 rings (SSSR count). The maximum absolute atomic E-state index is 14.5. The molecule has 0 aliphatic heterocycles. The molecule has 0 fully saturated rings. The Hall–Kier alpha value is -2.74. The number of ether oxygens (including phenoxy) is 1. The SMILES string of the molecule is Cl.NC(CC(=O)O)Cc1cccc(-c2ccc(Oc3ncc(Cl)cc3F)c(F)c2)c1. The third-order valence-electron chi connectivity index (χ3n) is 4.11. The average molecular weight is 455 g/mol. The lowest BCUT2D eigenvalue weighted by atomic mass is 9.98. The van der Waals surface area contributed by atoms with Crippen LogP contribution in [0.15, 0.2) is 54.7 Å². The number of carboxylic acid groups (broad SMARTS) is 1. The van der Waals surface area contributed by atoms with Crippen molar-refractivity contribution in [2.24, 2.45) is 5.73 Å². The average Bonchev–Trinajstić information content (AvgIpc) is 2.65. The van der Waals surface area contributed by atoms with E-state index < -0.39 is 23.6 Å². The van der Waals surface area contributed by atoms with E-state index in [-0.39, 0.29) is 35.5 Å². The highest BCUT2D eigenvalue weighted by Crippen LogP contribution is 2.30. The van der Waals surface area contributed by atoms with Gasteiger partial charge < -0.3 is 15.6 Å². The largest absolute Gasteiger partial charge is 0.481 e. The molecule has 158 valence electrons. The summed E-state index contributed by atoms with van der Waals surface area (Å²) in [7, 11) is 0. The number of hydrogen-bond acceptors (Lipinski definition) is 4. The number of halogens is 4. The van der Waals surface area contributed by atoms with E-state index in [9.17, 15) is 13.6 Å². The van der Waals surface area contributed by atoms with Gasteiger partial charge in [-0.25, -0.2) is 13.8 Å². The highest BCUT2D eigenvalue weighted by Gasteiger charge is 2.13. The van der Waals surface area contributed by atoms with Crippen LogP contribution in [0.25, 0.3) is 11.1 Å². The summed E-state index contributed by atoms with van der Waals surface area (Å²) in [5.41, 5.74) is 7.97. The molecule has 5 nitrogen and oxygen atoms in total. The van der Waals surface area contributed by atoms with Crippen molar-refractivity contribution in [3.8, 4) is 22.8 Å². The predicted octanol–water partition coefficient (Wildman–Crippen LogP) is 5.24. The Morgan fingerprint density at radius 3 is 2.53 bits per heavy atom. The van der Waals surface area contributed by atoms with Crippen molar-refractivity contribution in [1.29, 1.82) is 0 Å². The number of benzene rings is 2. The van der Waals surface area contributed by atoms with Gasteiger partial charge in [-0.3, -0.25) is 4.79 Å². The Morgan fingerprint density at radius 2 is 1.87 bits per heavy atom. The van der Waals surface area contributed by atoms with E-state index in [1.807, 2.05) is 12.1 Å². The van der Waals surface area contributed by atoms with Crippen LogP contribution in [-0.4, -0.2) is 22.1 Å². The van der Waals surface area contributed by atoms with Crippen LogP contribution in [0.1, 0.15) is 12.0 Å². The number of nitrogens with zero attached hydrogens (tertiary/aromatic N) is 1. The van der Waals surface area contributed by atoms with E-state index in [0.717, 1.165) is 17.2 Å². The maximum atomic E-state index is 14.5. The normalized spacial score (nSPS) is 11.5. The van der Waals surface area contributed by atoms with E-state index in [4.69, 9.17) is 27.2 Å². The van der Waals surface area contributed by atoms with Crippen LogP contribution in [0.4, 0.5) is 8.78 Å². The summed E-state index contributed by atoms with van der Waals surface area (Å²) in [6.07, 6.45) is 1.44. The molecule has 1 aromatic heterocycles. The molecular weight excluding hydrogens is 437 g/mol. The van der Waals surface area contributed by atoms with Crippen LogP contribution in [0.5, 0.6) is 11.6 Å². The van der Waals surface area contributed by atoms with Gasteiger partial charge in [0.25, 0.3) is 5.88 Å². The van der Waals surface area contributed by atoms with Gasteiger partial charge in [-0.1, -0.05) is 41.9 Å². The molecule has 3 N–H and O–H groups in total. The lowest BCUT2D eigenvalue weighted by Crippen LogP contribution is -2.26. The zero-order valence-electron chi connectivity index (χ0n) is 15.5. The fourth-order valence-electron chi connectivity index (χ4n) is 2.82. The van der Waals surface area contributed by atoms with Crippen molar-refractivity contribution in [2.45, 2.75) is 18.9 Å². The minimum absolute atomic E-state index is 0. The van der Waals surface area contributed by atoms with Gasteiger partial charge in [0.2, 0.25) is 0 Å². The molecular formula is C21H18Cl2F2N2O3. The first-order valence-corrected chi connectivity index (χ1v) is 9.05. The van der Waals surface area contributed by atoms with Crippen molar-refractivity contribution >= 4 is 30.0 Å². The molecule has 0 amide bonds. The van der Waals surface area contributed by atoms with Crippen molar-refractivity contribution in [2.75, 3.05) is 0 Å². The molecule has 0 saturated heterocycles. The van der Waals surface area contributed by atoms with Crippen molar-refractivity contribution in [3.05, 3.63) is 76.9 Å². The van der Waals surface area contributed by atoms with Crippen LogP contribution in [-0.2, 0) is 11.2 Å². The van der Waals surface area contributed by atoms with Crippen LogP contribution in [0.2, 0.25) is 5.02 Å². The zero-order valence-corrected chi connectivity index (χ0v) is 17.1. The topological polar surface area (TPSA) is 85.4 Å². The molecule has 0 spiro atoms. The predicted molar refractivity (Wildman–Crippen MR) is 112 cm³/mol. The van der Waals surface area contributed by atoms with Gasteiger partial charge in [-0.2, -0.15) is 0 Å². The second-order valence-electron chi connectivity index (χ2n) is 6.45. The number of hydrogen-bond donors (Lipinski definition) is 2. The second-order valence-corrected chi connectivity index (χ2v) is 6.89. The fraction of sp³-hybridized carbons (Fsp3) is 0.143. The fourth-order valence-corrected chi connectivity index (χ4v) is 2.97. The van der Waals surface area contributed by atoms with Gasteiger partial charge >= 0.3 is 5.97 Å². The van der Waals surface area contributed by atoms with Crippen LogP contribution < -0.4 is 10.5 Å². The molecule has 0 radical (unpaired) electrons. The first kappa shape index (κ1) is 23.5. The molecule has 1 heterocycles. The highest BCUT2D eigenvalue weighted by atomic mass is 35.5. The number of aromatic nitrogens is 1. The molecule has 0 saturated carbocycles. The molecule has 9 heteroatoms. The Balaban J connectivity index is 0.00000320. The molecule has 1 unspecified atom stereocenters. The minimum Gasteiger partial charge on any atom is -0.481 e. The molecule has 2 aromatic carbocycles. The summed E-state index contributed by atoms with van der Waals surface area (Å²) < 4.78 is 33.5. The smallest absolute Gasteiger partial charge is 0.304 e. The van der Waals surface area contributed by atoms with Gasteiger partial charge in [-0.05, 0) is 41.3 Å². The molecule has 30 heavy (non-hydrogen) atoms. The minimum atomic E-state index is -0.960. The summed E-state index contributed by atoms with van der Waals surface area (Å²) in [5.74, 6) is -3.01. The van der Waals surface area contributed by atoms with Gasteiger partial charge in [0.1, 0.15) is 0 Å². The van der Waals surface area contributed by atoms with E-state index in [0.29, 0.717) is 12.0 Å². The van der Waals surface area contributed by atoms with Crippen molar-refractivity contribution < 1.29 is 23.4 Å². The molecule has 0 aliphatic rings. The van der Waals surface area contributed by atoms with Gasteiger partial charge in [0, 0.05) is 12.2 Å². The van der Waals surface area contributed by atoms with Gasteiger partial charge in [-0.15, -0.1) is 12.4 Å². The second kappa shape index (κ2) is 10.3. The monoisotopic (exact) mass is 454 g/mol. The van der Waals surface area contributed by atoms with Crippen molar-refractivity contribution in [3.63, 3.8) is 0 Å². The Bertz CT molecular complexity index is 1050. The molecule has 3 aromatic rings. The summed E-state index contributed by atoms with van der Waals surface area (Å²) >= 11 is 5.64. The zero-order chi connectivity index (χ0) is 21.0. The van der Waals surface area contributed by atoms with Gasteiger partial charge in [0.15, 0.2) is 17.4 Å². The third-order valence-corrected chi connectivity index (χ3v) is 4.31. The number of carboxylic acids is 1.